The van der Waals surface area contributed by atoms with Crippen LogP contribution in [-0.4, -0.2) is 9.78 Å². The fraction of sp³-hybridized carbons (Fsp3) is 0.182. The number of halogens is 3. The minimum Gasteiger partial charge on any atom is -0.319 e. The molecule has 3 nitrogen and oxygen atoms in total. The fourth-order valence-electron chi connectivity index (χ4n) is 1.67. The Kier molecular flexibility index (Phi) is 3.51. The van der Waals surface area contributed by atoms with E-state index in [1.165, 1.54) is 18.2 Å². The minimum atomic E-state index is -0.615. The maximum absolute atomic E-state index is 13.7. The van der Waals surface area contributed by atoms with Crippen molar-refractivity contribution in [1.29, 1.82) is 0 Å². The topological polar surface area (TPSA) is 43.8 Å². The Morgan fingerprint density at radius 1 is 1.53 bits per heavy atom. The average molecular weight is 319 g/mol. The van der Waals surface area contributed by atoms with Crippen LogP contribution in [0.15, 0.2) is 28.9 Å². The molecule has 1 aromatic heterocycles. The van der Waals surface area contributed by atoms with Gasteiger partial charge in [0.2, 0.25) is 0 Å². The van der Waals surface area contributed by atoms with Crippen molar-refractivity contribution >= 4 is 27.5 Å². The number of aryl methyl sites for hydroxylation is 1. The van der Waals surface area contributed by atoms with Gasteiger partial charge in [0.15, 0.2) is 0 Å². The van der Waals surface area contributed by atoms with Crippen LogP contribution in [-0.2, 0) is 7.05 Å². The summed E-state index contributed by atoms with van der Waals surface area (Å²) in [5, 5.41) is 4.50. The second-order valence-corrected chi connectivity index (χ2v) is 4.94. The molecular formula is C11H10BrClFN3. The van der Waals surface area contributed by atoms with Crippen molar-refractivity contribution in [3.05, 3.63) is 51.0 Å². The van der Waals surface area contributed by atoms with E-state index in [2.05, 4.69) is 21.0 Å². The van der Waals surface area contributed by atoms with E-state index in [1.807, 2.05) is 0 Å². The van der Waals surface area contributed by atoms with Crippen LogP contribution in [0.1, 0.15) is 17.3 Å². The molecular weight excluding hydrogens is 308 g/mol. The molecule has 0 aliphatic heterocycles. The molecule has 0 saturated heterocycles. The van der Waals surface area contributed by atoms with Gasteiger partial charge in [-0.3, -0.25) is 4.68 Å². The van der Waals surface area contributed by atoms with Gasteiger partial charge in [-0.2, -0.15) is 5.10 Å². The van der Waals surface area contributed by atoms with Gasteiger partial charge in [-0.05, 0) is 34.1 Å². The molecule has 2 rings (SSSR count). The smallest absolute Gasteiger partial charge is 0.128 e. The van der Waals surface area contributed by atoms with Crippen LogP contribution < -0.4 is 5.73 Å². The zero-order chi connectivity index (χ0) is 12.6. The highest BCUT2D eigenvalue weighted by atomic mass is 79.9. The van der Waals surface area contributed by atoms with Crippen LogP contribution in [0.4, 0.5) is 4.39 Å². The number of hydrogen-bond donors (Lipinski definition) is 1. The summed E-state index contributed by atoms with van der Waals surface area (Å²) in [6.07, 6.45) is 1.62. The molecule has 1 aromatic carbocycles. The van der Waals surface area contributed by atoms with E-state index in [1.54, 1.807) is 17.9 Å². The Morgan fingerprint density at radius 3 is 2.82 bits per heavy atom. The molecule has 0 aliphatic rings. The second kappa shape index (κ2) is 4.76. The standard InChI is InChI=1S/C11H10BrClFN3/c1-17-11(8(12)5-16-17)10(15)7-4-6(13)2-3-9(7)14/h2-5,10H,15H2,1H3. The van der Waals surface area contributed by atoms with E-state index in [0.29, 0.717) is 16.3 Å². The van der Waals surface area contributed by atoms with Gasteiger partial charge >= 0.3 is 0 Å². The Bertz CT molecular complexity index is 536. The van der Waals surface area contributed by atoms with E-state index in [-0.39, 0.29) is 5.82 Å². The summed E-state index contributed by atoms with van der Waals surface area (Å²) in [6, 6.07) is 3.71. The third-order valence-electron chi connectivity index (χ3n) is 2.53. The van der Waals surface area contributed by atoms with Crippen LogP contribution in [0, 0.1) is 5.82 Å². The number of aromatic nitrogens is 2. The second-order valence-electron chi connectivity index (χ2n) is 3.64. The highest BCUT2D eigenvalue weighted by molar-refractivity contribution is 9.10. The summed E-state index contributed by atoms with van der Waals surface area (Å²) >= 11 is 9.18. The molecule has 1 atom stereocenters. The molecule has 0 saturated carbocycles. The maximum Gasteiger partial charge on any atom is 0.128 e. The monoisotopic (exact) mass is 317 g/mol. The van der Waals surface area contributed by atoms with Crippen LogP contribution >= 0.6 is 27.5 Å². The molecule has 0 fully saturated rings. The lowest BCUT2D eigenvalue weighted by molar-refractivity contribution is 0.586. The van der Waals surface area contributed by atoms with Crippen molar-refractivity contribution in [2.75, 3.05) is 0 Å². The SMILES string of the molecule is Cn1ncc(Br)c1C(N)c1cc(Cl)ccc1F. The molecule has 1 unspecified atom stereocenters. The van der Waals surface area contributed by atoms with Crippen molar-refractivity contribution in [3.8, 4) is 0 Å². The molecule has 0 amide bonds. The maximum atomic E-state index is 13.7. The number of benzene rings is 1. The van der Waals surface area contributed by atoms with Gasteiger partial charge in [-0.15, -0.1) is 0 Å². The van der Waals surface area contributed by atoms with E-state index in [9.17, 15) is 4.39 Å². The van der Waals surface area contributed by atoms with Gasteiger partial charge < -0.3 is 5.73 Å². The van der Waals surface area contributed by atoms with Gasteiger partial charge in [-0.25, -0.2) is 4.39 Å². The third-order valence-corrected chi connectivity index (χ3v) is 3.37. The van der Waals surface area contributed by atoms with Crippen molar-refractivity contribution in [3.63, 3.8) is 0 Å². The van der Waals surface area contributed by atoms with Crippen LogP contribution in [0.5, 0.6) is 0 Å². The highest BCUT2D eigenvalue weighted by Gasteiger charge is 2.20. The first-order chi connectivity index (χ1) is 8.00. The molecule has 0 bridgehead atoms. The number of nitrogens with two attached hydrogens (primary N) is 1. The lowest BCUT2D eigenvalue weighted by atomic mass is 10.0. The minimum absolute atomic E-state index is 0.349. The van der Waals surface area contributed by atoms with E-state index in [4.69, 9.17) is 17.3 Å². The molecule has 90 valence electrons. The van der Waals surface area contributed by atoms with Crippen molar-refractivity contribution in [1.82, 2.24) is 9.78 Å². The zero-order valence-corrected chi connectivity index (χ0v) is 11.3. The summed E-state index contributed by atoms with van der Waals surface area (Å²) in [5.74, 6) is -0.380. The van der Waals surface area contributed by atoms with Crippen molar-refractivity contribution in [2.45, 2.75) is 6.04 Å². The molecule has 0 radical (unpaired) electrons. The quantitative estimate of drug-likeness (QED) is 0.925. The molecule has 0 spiro atoms. The first-order valence-electron chi connectivity index (χ1n) is 4.88. The van der Waals surface area contributed by atoms with Gasteiger partial charge in [0.05, 0.1) is 22.4 Å². The largest absolute Gasteiger partial charge is 0.319 e. The molecule has 17 heavy (non-hydrogen) atoms. The van der Waals surface area contributed by atoms with Gasteiger partial charge in [0.25, 0.3) is 0 Å². The van der Waals surface area contributed by atoms with Gasteiger partial charge in [0, 0.05) is 17.6 Å². The van der Waals surface area contributed by atoms with Crippen LogP contribution in [0.25, 0.3) is 0 Å². The molecule has 2 N–H and O–H groups in total. The lowest BCUT2D eigenvalue weighted by Crippen LogP contribution is -2.17. The first-order valence-corrected chi connectivity index (χ1v) is 6.05. The van der Waals surface area contributed by atoms with Crippen molar-refractivity contribution < 1.29 is 4.39 Å². The summed E-state index contributed by atoms with van der Waals surface area (Å²) in [4.78, 5) is 0. The first kappa shape index (κ1) is 12.5. The van der Waals surface area contributed by atoms with E-state index < -0.39 is 6.04 Å². The fourth-order valence-corrected chi connectivity index (χ4v) is 2.45. The van der Waals surface area contributed by atoms with Gasteiger partial charge in [0.1, 0.15) is 5.82 Å². The summed E-state index contributed by atoms with van der Waals surface area (Å²) in [6.45, 7) is 0. The molecule has 0 aliphatic carbocycles. The van der Waals surface area contributed by atoms with E-state index >= 15 is 0 Å². The Hall–Kier alpha value is -0.910. The normalized spacial score (nSPS) is 12.8. The molecule has 2 aromatic rings. The zero-order valence-electron chi connectivity index (χ0n) is 8.99. The molecule has 6 heteroatoms. The summed E-state index contributed by atoms with van der Waals surface area (Å²) in [5.41, 5.74) is 7.09. The number of hydrogen-bond acceptors (Lipinski definition) is 2. The van der Waals surface area contributed by atoms with Crippen LogP contribution in [0.2, 0.25) is 5.02 Å². The predicted octanol–water partition coefficient (Wildman–Crippen LogP) is 3.02. The predicted molar refractivity (Wildman–Crippen MR) is 68.3 cm³/mol. The number of nitrogens with zero attached hydrogens (tertiary/aromatic N) is 2. The van der Waals surface area contributed by atoms with Gasteiger partial charge in [-0.1, -0.05) is 11.6 Å². The highest BCUT2D eigenvalue weighted by Crippen LogP contribution is 2.29. The third kappa shape index (κ3) is 2.36. The Morgan fingerprint density at radius 2 is 2.24 bits per heavy atom. The Balaban J connectivity index is 2.50. The molecule has 1 heterocycles. The number of rotatable bonds is 2. The van der Waals surface area contributed by atoms with Crippen molar-refractivity contribution in [2.24, 2.45) is 12.8 Å². The van der Waals surface area contributed by atoms with E-state index in [0.717, 1.165) is 4.47 Å². The summed E-state index contributed by atoms with van der Waals surface area (Å²) < 4.78 is 16.0. The summed E-state index contributed by atoms with van der Waals surface area (Å²) in [7, 11) is 1.75. The Labute approximate surface area is 112 Å². The van der Waals surface area contributed by atoms with Crippen LogP contribution in [0.3, 0.4) is 0 Å². The lowest BCUT2D eigenvalue weighted by Gasteiger charge is -2.14. The average Bonchev–Trinajstić information content (AvgIpc) is 2.61.